The second-order valence-electron chi connectivity index (χ2n) is 8.16. The summed E-state index contributed by atoms with van der Waals surface area (Å²) in [6, 6.07) is 6.75. The summed E-state index contributed by atoms with van der Waals surface area (Å²) < 4.78 is 46.1. The number of alkyl halides is 3. The zero-order valence-electron chi connectivity index (χ0n) is 17.9. The number of aldehydes is 1. The van der Waals surface area contributed by atoms with Gasteiger partial charge in [0.1, 0.15) is 23.4 Å². The van der Waals surface area contributed by atoms with E-state index < -0.39 is 17.8 Å². The number of methoxy groups -OCH3 is 1. The van der Waals surface area contributed by atoms with Gasteiger partial charge in [-0.3, -0.25) is 9.48 Å². The molecule has 1 fully saturated rings. The molecule has 1 aliphatic rings. The van der Waals surface area contributed by atoms with Gasteiger partial charge in [-0.05, 0) is 49.8 Å². The van der Waals surface area contributed by atoms with E-state index in [9.17, 15) is 22.8 Å². The van der Waals surface area contributed by atoms with E-state index in [1.165, 1.54) is 13.2 Å². The lowest BCUT2D eigenvalue weighted by atomic mass is 9.84. The predicted molar refractivity (Wildman–Crippen MR) is 115 cm³/mol. The number of aromatic nitrogens is 3. The van der Waals surface area contributed by atoms with Crippen molar-refractivity contribution in [1.82, 2.24) is 14.8 Å². The Morgan fingerprint density at radius 3 is 2.67 bits per heavy atom. The van der Waals surface area contributed by atoms with Crippen LogP contribution in [0.5, 0.6) is 5.75 Å². The number of hydrogen-bond donors (Lipinski definition) is 1. The van der Waals surface area contributed by atoms with Crippen LogP contribution in [0, 0.1) is 5.92 Å². The van der Waals surface area contributed by atoms with Crippen LogP contribution in [-0.4, -0.2) is 34.1 Å². The van der Waals surface area contributed by atoms with Crippen molar-refractivity contribution in [2.45, 2.75) is 44.3 Å². The second-order valence-corrected chi connectivity index (χ2v) is 8.16. The van der Waals surface area contributed by atoms with Gasteiger partial charge in [0.05, 0.1) is 24.4 Å². The molecule has 1 N–H and O–H groups in total. The van der Waals surface area contributed by atoms with Crippen LogP contribution in [0.4, 0.5) is 18.9 Å². The monoisotopic (exact) mass is 460 g/mol. The van der Waals surface area contributed by atoms with E-state index >= 15 is 0 Å². The molecule has 0 aliphatic heterocycles. The Balaban J connectivity index is 1.56. The Hall–Kier alpha value is -3.43. The molecule has 3 aromatic rings. The predicted octanol–water partition coefficient (Wildman–Crippen LogP) is 5.03. The average Bonchev–Trinajstić information content (AvgIpc) is 3.21. The molecule has 1 saturated carbocycles. The summed E-state index contributed by atoms with van der Waals surface area (Å²) in [4.78, 5) is 26.8. The van der Waals surface area contributed by atoms with Crippen LogP contribution in [0.25, 0.3) is 10.9 Å². The molecule has 1 aliphatic carbocycles. The number of carbonyl (C=O) groups is 2. The highest BCUT2D eigenvalue weighted by Crippen LogP contribution is 2.36. The van der Waals surface area contributed by atoms with E-state index in [1.807, 2.05) is 10.9 Å². The van der Waals surface area contributed by atoms with Gasteiger partial charge in [0.25, 0.3) is 5.91 Å². The summed E-state index contributed by atoms with van der Waals surface area (Å²) in [7, 11) is 1.44. The van der Waals surface area contributed by atoms with Crippen molar-refractivity contribution in [3.63, 3.8) is 0 Å². The third-order valence-corrected chi connectivity index (χ3v) is 5.98. The zero-order chi connectivity index (χ0) is 23.6. The summed E-state index contributed by atoms with van der Waals surface area (Å²) in [5.74, 6) is -0.0162. The third kappa shape index (κ3) is 4.99. The minimum atomic E-state index is -4.64. The molecule has 0 bridgehead atoms. The Morgan fingerprint density at radius 2 is 2.00 bits per heavy atom. The van der Waals surface area contributed by atoms with E-state index in [-0.39, 0.29) is 11.7 Å². The van der Waals surface area contributed by atoms with Crippen molar-refractivity contribution >= 4 is 28.8 Å². The molecule has 2 heterocycles. The first-order valence-corrected chi connectivity index (χ1v) is 10.6. The highest BCUT2D eigenvalue weighted by atomic mass is 19.4. The minimum Gasteiger partial charge on any atom is -0.494 e. The molecule has 0 saturated heterocycles. The van der Waals surface area contributed by atoms with Crippen LogP contribution in [0.15, 0.2) is 36.5 Å². The summed E-state index contributed by atoms with van der Waals surface area (Å²) in [5.41, 5.74) is -0.503. The fourth-order valence-electron chi connectivity index (χ4n) is 4.21. The first-order valence-electron chi connectivity index (χ1n) is 10.6. The maximum Gasteiger partial charge on any atom is 0.433 e. The Morgan fingerprint density at radius 1 is 1.24 bits per heavy atom. The lowest BCUT2D eigenvalue weighted by molar-refractivity contribution is -0.141. The number of ether oxygens (including phenoxy) is 1. The normalized spacial score (nSPS) is 18.8. The Labute approximate surface area is 187 Å². The number of hydrogen-bond acceptors (Lipinski definition) is 5. The van der Waals surface area contributed by atoms with E-state index in [0.29, 0.717) is 29.3 Å². The van der Waals surface area contributed by atoms with Gasteiger partial charge in [-0.15, -0.1) is 0 Å². The summed E-state index contributed by atoms with van der Waals surface area (Å²) in [6.45, 7) is 0. The molecule has 0 unspecified atom stereocenters. The molecule has 2 aromatic heterocycles. The molecule has 0 atom stereocenters. The lowest BCUT2D eigenvalue weighted by Crippen LogP contribution is -2.18. The first-order chi connectivity index (χ1) is 15.8. The highest BCUT2D eigenvalue weighted by Gasteiger charge is 2.33. The van der Waals surface area contributed by atoms with Crippen molar-refractivity contribution < 1.29 is 27.5 Å². The van der Waals surface area contributed by atoms with Crippen LogP contribution < -0.4 is 10.1 Å². The van der Waals surface area contributed by atoms with E-state index in [0.717, 1.165) is 49.5 Å². The molecule has 0 radical (unpaired) electrons. The van der Waals surface area contributed by atoms with Crippen LogP contribution >= 0.6 is 0 Å². The summed E-state index contributed by atoms with van der Waals surface area (Å²) in [5, 5.41) is 8.01. The fourth-order valence-corrected chi connectivity index (χ4v) is 4.21. The van der Waals surface area contributed by atoms with E-state index in [2.05, 4.69) is 15.4 Å². The number of nitrogens with zero attached hydrogens (tertiary/aromatic N) is 3. The molecule has 174 valence electrons. The van der Waals surface area contributed by atoms with Gasteiger partial charge in [-0.25, -0.2) is 4.98 Å². The van der Waals surface area contributed by atoms with Gasteiger partial charge in [-0.1, -0.05) is 6.07 Å². The van der Waals surface area contributed by atoms with Crippen LogP contribution in [0.2, 0.25) is 0 Å². The largest absolute Gasteiger partial charge is 0.494 e. The molecule has 1 amide bonds. The van der Waals surface area contributed by atoms with Gasteiger partial charge in [0, 0.05) is 24.1 Å². The third-order valence-electron chi connectivity index (χ3n) is 5.98. The molecule has 7 nitrogen and oxygen atoms in total. The van der Waals surface area contributed by atoms with Crippen molar-refractivity contribution in [2.24, 2.45) is 5.92 Å². The lowest BCUT2D eigenvalue weighted by Gasteiger charge is -2.27. The molecular formula is C23H23F3N4O3. The molecule has 0 spiro atoms. The standard InChI is InChI=1S/C23H23F3N4O3/c1-33-20-12-18-15(13-30(29-18)16-7-5-14(6-8-16)9-10-31)11-19(20)28-22(32)17-3-2-4-21(27-17)23(24,25)26/h2-4,10-14,16H,5-9H2,1H3,(H,28,32). The summed E-state index contributed by atoms with van der Waals surface area (Å²) in [6.07, 6.45) is 2.59. The minimum absolute atomic E-state index is 0.221. The molecule has 4 rings (SSSR count). The van der Waals surface area contributed by atoms with Gasteiger partial charge < -0.3 is 14.8 Å². The Kier molecular flexibility index (Phi) is 6.35. The number of benzene rings is 1. The van der Waals surface area contributed by atoms with Crippen molar-refractivity contribution in [2.75, 3.05) is 12.4 Å². The van der Waals surface area contributed by atoms with Crippen molar-refractivity contribution in [3.05, 3.63) is 47.9 Å². The van der Waals surface area contributed by atoms with Crippen LogP contribution in [0.3, 0.4) is 0 Å². The fraction of sp³-hybridized carbons (Fsp3) is 0.391. The van der Waals surface area contributed by atoms with Gasteiger partial charge in [-0.2, -0.15) is 18.3 Å². The Bertz CT molecular complexity index is 1170. The SMILES string of the molecule is COc1cc2nn(C3CCC(CC=O)CC3)cc2cc1NC(=O)c1cccc(C(F)(F)F)n1. The zero-order valence-corrected chi connectivity index (χ0v) is 17.9. The van der Waals surface area contributed by atoms with Crippen LogP contribution in [-0.2, 0) is 11.0 Å². The van der Waals surface area contributed by atoms with Gasteiger partial charge in [0.15, 0.2) is 0 Å². The maximum absolute atomic E-state index is 12.9. The number of pyridine rings is 1. The average molecular weight is 460 g/mol. The number of carbonyl (C=O) groups excluding carboxylic acids is 2. The molecule has 10 heteroatoms. The number of fused-ring (bicyclic) bond motifs is 1. The van der Waals surface area contributed by atoms with Gasteiger partial charge >= 0.3 is 6.18 Å². The van der Waals surface area contributed by atoms with Gasteiger partial charge in [0.2, 0.25) is 0 Å². The van der Waals surface area contributed by atoms with Crippen LogP contribution in [0.1, 0.15) is 54.3 Å². The molecule has 33 heavy (non-hydrogen) atoms. The second kappa shape index (κ2) is 9.21. The number of rotatable bonds is 6. The first kappa shape index (κ1) is 22.8. The number of halogens is 3. The van der Waals surface area contributed by atoms with E-state index in [1.54, 1.807) is 12.1 Å². The maximum atomic E-state index is 12.9. The number of amides is 1. The quantitative estimate of drug-likeness (QED) is 0.522. The molecular weight excluding hydrogens is 437 g/mol. The van der Waals surface area contributed by atoms with E-state index in [4.69, 9.17) is 4.74 Å². The van der Waals surface area contributed by atoms with Crippen molar-refractivity contribution in [3.8, 4) is 5.75 Å². The molecule has 1 aromatic carbocycles. The summed E-state index contributed by atoms with van der Waals surface area (Å²) >= 11 is 0. The smallest absolute Gasteiger partial charge is 0.433 e. The number of nitrogens with one attached hydrogen (secondary N) is 1. The number of anilines is 1. The highest BCUT2D eigenvalue weighted by molar-refractivity contribution is 6.05. The topological polar surface area (TPSA) is 86.1 Å². The van der Waals surface area contributed by atoms with Crippen molar-refractivity contribution in [1.29, 1.82) is 0 Å².